The van der Waals surface area contributed by atoms with Crippen LogP contribution in [0.2, 0.25) is 0 Å². The van der Waals surface area contributed by atoms with Gasteiger partial charge in [0.15, 0.2) is 5.82 Å². The van der Waals surface area contributed by atoms with E-state index in [1.165, 1.54) is 52.5 Å². The molecule has 0 radical (unpaired) electrons. The number of para-hydroxylation sites is 2. The summed E-state index contributed by atoms with van der Waals surface area (Å²) in [5.74, 6) is 0.651. The Morgan fingerprint density at radius 3 is 1.88 bits per heavy atom. The minimum Gasteiger partial charge on any atom is -0.456 e. The zero-order valence-electron chi connectivity index (χ0n) is 35.4. The number of nitrogens with zero attached hydrogens (tertiary/aromatic N) is 3. The fraction of sp³-hybridized carbons (Fsp3) is 0. The Morgan fingerprint density at radius 2 is 0.985 bits per heavy atom. The fourth-order valence-corrected chi connectivity index (χ4v) is 11.4. The lowest BCUT2D eigenvalue weighted by molar-refractivity contribution is 0.669. The maximum Gasteiger partial charge on any atom is 0.160 e. The van der Waals surface area contributed by atoms with Crippen LogP contribution in [0.25, 0.3) is 142 Å². The highest BCUT2D eigenvalue weighted by Crippen LogP contribution is 2.46. The SMILES string of the molecule is c1ccc(-c2cc(-c3cccc(-c4ccc5c(c4)sc4c5ccc5c(-c6cc7ccccc7c7ccccc67)nc6ccccc6c54)c3)nc(-c3ccc4c(c3)oc3ccccc34)n2)cc1. The van der Waals surface area contributed by atoms with E-state index < -0.39 is 0 Å². The number of pyridine rings is 1. The van der Waals surface area contributed by atoms with Crippen molar-refractivity contribution in [3.8, 4) is 56.3 Å². The first kappa shape index (κ1) is 36.9. The standard InChI is InChI=1S/C61H35N3OS/c1-2-13-36(14-3-1)53-35-54(64-61(63-53)41-26-27-46-45-21-9-11-24-55(45)65-56(46)33-41)40-17-12-16-37(31-40)38-25-28-47-48-29-30-50-58(60(48)66-57(47)34-38)49-22-8-10-23-52(49)62-59(50)51-32-39-15-4-5-18-42(39)43-19-6-7-20-44(43)51/h1-35H. The van der Waals surface area contributed by atoms with Gasteiger partial charge in [0.05, 0.1) is 22.6 Å². The lowest BCUT2D eigenvalue weighted by Crippen LogP contribution is -1.96. The number of furan rings is 1. The summed E-state index contributed by atoms with van der Waals surface area (Å²) in [6.07, 6.45) is 0. The minimum absolute atomic E-state index is 0.651. The molecule has 66 heavy (non-hydrogen) atoms. The lowest BCUT2D eigenvalue weighted by atomic mass is 9.92. The molecule has 4 nitrogen and oxygen atoms in total. The molecule has 0 saturated heterocycles. The summed E-state index contributed by atoms with van der Waals surface area (Å²) in [4.78, 5) is 15.8. The van der Waals surface area contributed by atoms with E-state index in [2.05, 4.69) is 188 Å². The summed E-state index contributed by atoms with van der Waals surface area (Å²) in [6.45, 7) is 0. The van der Waals surface area contributed by atoms with Gasteiger partial charge in [-0.25, -0.2) is 15.0 Å². The molecule has 0 fully saturated rings. The zero-order chi connectivity index (χ0) is 43.3. The van der Waals surface area contributed by atoms with Gasteiger partial charge in [0.1, 0.15) is 11.2 Å². The molecule has 0 N–H and O–H groups in total. The predicted octanol–water partition coefficient (Wildman–Crippen LogP) is 17.1. The molecule has 0 aliphatic carbocycles. The van der Waals surface area contributed by atoms with Crippen LogP contribution in [0.3, 0.4) is 0 Å². The second kappa shape index (κ2) is 14.5. The third-order valence-corrected chi connectivity index (χ3v) is 14.4. The largest absolute Gasteiger partial charge is 0.456 e. The van der Waals surface area contributed by atoms with E-state index in [1.807, 2.05) is 35.6 Å². The fourth-order valence-electron chi connectivity index (χ4n) is 10.1. The second-order valence-electron chi connectivity index (χ2n) is 17.1. The van der Waals surface area contributed by atoms with Crippen molar-refractivity contribution in [1.29, 1.82) is 0 Å². The average molecular weight is 858 g/mol. The topological polar surface area (TPSA) is 51.8 Å². The molecule has 5 heteroatoms. The number of aromatic nitrogens is 3. The van der Waals surface area contributed by atoms with Gasteiger partial charge in [0.2, 0.25) is 0 Å². The summed E-state index contributed by atoms with van der Waals surface area (Å²) in [5.41, 5.74) is 11.8. The summed E-state index contributed by atoms with van der Waals surface area (Å²) in [5, 5.41) is 13.2. The quantitative estimate of drug-likeness (QED) is 0.162. The van der Waals surface area contributed by atoms with Crippen LogP contribution in [0.1, 0.15) is 0 Å². The van der Waals surface area contributed by atoms with Gasteiger partial charge in [0.25, 0.3) is 0 Å². The zero-order valence-corrected chi connectivity index (χ0v) is 36.2. The van der Waals surface area contributed by atoms with Crippen LogP contribution in [0.5, 0.6) is 0 Å². The molecule has 0 unspecified atom stereocenters. The molecule has 0 aliphatic heterocycles. The van der Waals surface area contributed by atoms with Crippen LogP contribution in [0.4, 0.5) is 0 Å². The number of rotatable bonds is 5. The number of thiophene rings is 1. The smallest absolute Gasteiger partial charge is 0.160 e. The molecule has 0 saturated carbocycles. The Hall–Kier alpha value is -8.51. The van der Waals surface area contributed by atoms with Crippen molar-refractivity contribution in [3.63, 3.8) is 0 Å². The van der Waals surface area contributed by atoms with Crippen LogP contribution in [-0.2, 0) is 0 Å². The van der Waals surface area contributed by atoms with Crippen molar-refractivity contribution in [2.45, 2.75) is 0 Å². The normalized spacial score (nSPS) is 11.9. The molecule has 10 aromatic carbocycles. The van der Waals surface area contributed by atoms with Crippen LogP contribution < -0.4 is 0 Å². The van der Waals surface area contributed by atoms with Gasteiger partial charge in [-0.1, -0.05) is 164 Å². The first-order valence-electron chi connectivity index (χ1n) is 22.2. The first-order valence-corrected chi connectivity index (χ1v) is 23.1. The Balaban J connectivity index is 0.909. The van der Waals surface area contributed by atoms with E-state index in [0.29, 0.717) is 5.82 Å². The van der Waals surface area contributed by atoms with Gasteiger partial charge in [-0.05, 0) is 81.2 Å². The van der Waals surface area contributed by atoms with Crippen molar-refractivity contribution < 1.29 is 4.42 Å². The summed E-state index contributed by atoms with van der Waals surface area (Å²) in [6, 6.07) is 75.5. The molecule has 0 atom stereocenters. The number of hydrogen-bond acceptors (Lipinski definition) is 5. The van der Waals surface area contributed by atoms with Crippen molar-refractivity contribution in [1.82, 2.24) is 15.0 Å². The average Bonchev–Trinajstić information content (AvgIpc) is 3.96. The highest BCUT2D eigenvalue weighted by atomic mass is 32.1. The van der Waals surface area contributed by atoms with Crippen LogP contribution in [-0.4, -0.2) is 15.0 Å². The van der Waals surface area contributed by atoms with Crippen LogP contribution in [0.15, 0.2) is 217 Å². The summed E-state index contributed by atoms with van der Waals surface area (Å²) < 4.78 is 8.82. The summed E-state index contributed by atoms with van der Waals surface area (Å²) >= 11 is 1.87. The number of fused-ring (bicyclic) bond motifs is 13. The van der Waals surface area contributed by atoms with E-state index in [9.17, 15) is 0 Å². The Kier molecular flexibility index (Phi) is 8.12. The molecule has 4 heterocycles. The van der Waals surface area contributed by atoms with E-state index in [1.54, 1.807) is 0 Å². The maximum absolute atomic E-state index is 6.29. The second-order valence-corrected chi connectivity index (χ2v) is 18.1. The van der Waals surface area contributed by atoms with E-state index in [-0.39, 0.29) is 0 Å². The highest BCUT2D eigenvalue weighted by Gasteiger charge is 2.20. The minimum atomic E-state index is 0.651. The third kappa shape index (κ3) is 5.80. The van der Waals surface area contributed by atoms with Crippen LogP contribution >= 0.6 is 11.3 Å². The van der Waals surface area contributed by atoms with Gasteiger partial charge in [0, 0.05) is 69.4 Å². The van der Waals surface area contributed by atoms with Crippen molar-refractivity contribution in [2.75, 3.05) is 0 Å². The molecular formula is C61H35N3OS. The van der Waals surface area contributed by atoms with Crippen LogP contribution in [0, 0.1) is 0 Å². The van der Waals surface area contributed by atoms with Crippen molar-refractivity contribution in [2.24, 2.45) is 0 Å². The van der Waals surface area contributed by atoms with E-state index in [0.717, 1.165) is 83.3 Å². The predicted molar refractivity (Wildman–Crippen MR) is 277 cm³/mol. The van der Waals surface area contributed by atoms with Gasteiger partial charge < -0.3 is 4.42 Å². The highest BCUT2D eigenvalue weighted by molar-refractivity contribution is 7.26. The molecule has 0 aliphatic rings. The molecule has 0 bridgehead atoms. The van der Waals surface area contributed by atoms with E-state index >= 15 is 0 Å². The third-order valence-electron chi connectivity index (χ3n) is 13.2. The lowest BCUT2D eigenvalue weighted by Gasteiger charge is -2.14. The number of benzene rings is 10. The molecule has 0 spiro atoms. The van der Waals surface area contributed by atoms with Gasteiger partial charge >= 0.3 is 0 Å². The summed E-state index contributed by atoms with van der Waals surface area (Å²) in [7, 11) is 0. The van der Waals surface area contributed by atoms with Gasteiger partial charge in [-0.3, -0.25) is 0 Å². The van der Waals surface area contributed by atoms with E-state index in [4.69, 9.17) is 19.4 Å². The molecular weight excluding hydrogens is 823 g/mol. The van der Waals surface area contributed by atoms with Gasteiger partial charge in [-0.15, -0.1) is 11.3 Å². The maximum atomic E-state index is 6.29. The Morgan fingerprint density at radius 1 is 0.348 bits per heavy atom. The number of hydrogen-bond donors (Lipinski definition) is 0. The first-order chi connectivity index (χ1) is 32.7. The monoisotopic (exact) mass is 857 g/mol. The molecule has 306 valence electrons. The Bertz CT molecular complexity index is 4300. The van der Waals surface area contributed by atoms with Gasteiger partial charge in [-0.2, -0.15) is 0 Å². The molecule has 4 aromatic heterocycles. The van der Waals surface area contributed by atoms with Crippen molar-refractivity contribution >= 4 is 96.7 Å². The molecule has 0 amide bonds. The molecule has 14 aromatic rings. The Labute approximate surface area is 382 Å². The molecule has 14 rings (SSSR count). The van der Waals surface area contributed by atoms with Crippen molar-refractivity contribution in [3.05, 3.63) is 212 Å².